The minimum absolute atomic E-state index is 0.00724. The number of ether oxygens (including phenoxy) is 2. The Morgan fingerprint density at radius 1 is 0.955 bits per heavy atom. The molecule has 1 fully saturated rings. The van der Waals surface area contributed by atoms with Crippen LogP contribution in [0.25, 0.3) is 37.8 Å². The fourth-order valence-corrected chi connectivity index (χ4v) is 10.1. The van der Waals surface area contributed by atoms with Crippen LogP contribution in [0.2, 0.25) is 10.0 Å². The third-order valence-corrected chi connectivity index (χ3v) is 13.7. The largest absolute Gasteiger partial charge is 0.508 e. The summed E-state index contributed by atoms with van der Waals surface area (Å²) in [6, 6.07) is 19.4. The van der Waals surface area contributed by atoms with Gasteiger partial charge in [0, 0.05) is 78.3 Å². The van der Waals surface area contributed by atoms with Gasteiger partial charge in [0.1, 0.15) is 34.0 Å². The SMILES string of the molecule is Cc1sc2c(c1C)C(c1ccc(Cl)cc1)=N[C@@H](CC(=O)NCCOCCOCCN(C)c1nc(N3CCNCC3)c3cc(Cl)c(-c4cc(O)cc5ccccc45)c(F)c3n1)c1nnc(C)n1-2. The molecule has 2 aliphatic rings. The molecule has 0 saturated carbocycles. The van der Waals surface area contributed by atoms with Crippen molar-refractivity contribution in [3.05, 3.63) is 116 Å². The highest BCUT2D eigenvalue weighted by Gasteiger charge is 2.33. The van der Waals surface area contributed by atoms with E-state index in [9.17, 15) is 9.90 Å². The van der Waals surface area contributed by atoms with Gasteiger partial charge in [0.2, 0.25) is 11.9 Å². The summed E-state index contributed by atoms with van der Waals surface area (Å²) in [6.07, 6.45) is 0.0762. The predicted molar refractivity (Wildman–Crippen MR) is 260 cm³/mol. The lowest BCUT2D eigenvalue weighted by molar-refractivity contribution is -0.121. The van der Waals surface area contributed by atoms with E-state index in [0.717, 1.165) is 57.1 Å². The molecule has 342 valence electrons. The number of hydrogen-bond donors (Lipinski definition) is 3. The number of nitrogens with zero attached hydrogens (tertiary/aromatic N) is 8. The van der Waals surface area contributed by atoms with Gasteiger partial charge in [-0.3, -0.25) is 14.4 Å². The maximum atomic E-state index is 16.9. The number of halogens is 3. The molecule has 4 aromatic carbocycles. The van der Waals surface area contributed by atoms with E-state index in [1.807, 2.05) is 72.0 Å². The fraction of sp³-hybridized carbons (Fsp3) is 0.333. The minimum Gasteiger partial charge on any atom is -0.508 e. The lowest BCUT2D eigenvalue weighted by Crippen LogP contribution is -2.44. The molecule has 9 rings (SSSR count). The van der Waals surface area contributed by atoms with Crippen LogP contribution in [0.5, 0.6) is 5.75 Å². The Bertz CT molecular complexity index is 2970. The van der Waals surface area contributed by atoms with Gasteiger partial charge < -0.3 is 35.0 Å². The van der Waals surface area contributed by atoms with Crippen LogP contribution in [0.15, 0.2) is 71.7 Å². The number of aromatic hydroxyl groups is 1. The molecule has 0 bridgehead atoms. The highest BCUT2D eigenvalue weighted by molar-refractivity contribution is 7.15. The van der Waals surface area contributed by atoms with Crippen LogP contribution in [0.1, 0.15) is 45.7 Å². The van der Waals surface area contributed by atoms with Gasteiger partial charge in [-0.2, -0.15) is 4.98 Å². The summed E-state index contributed by atoms with van der Waals surface area (Å²) >= 11 is 14.8. The smallest absolute Gasteiger partial charge is 0.227 e. The second kappa shape index (κ2) is 19.6. The van der Waals surface area contributed by atoms with E-state index < -0.39 is 11.9 Å². The van der Waals surface area contributed by atoms with E-state index in [1.54, 1.807) is 23.5 Å². The predicted octanol–water partition coefficient (Wildman–Crippen LogP) is 8.15. The molecule has 1 atom stereocenters. The monoisotopic (exact) mass is 950 g/mol. The molecule has 3 N–H and O–H groups in total. The maximum Gasteiger partial charge on any atom is 0.227 e. The number of aryl methyl sites for hydroxylation is 2. The average Bonchev–Trinajstić information content (AvgIpc) is 3.79. The van der Waals surface area contributed by atoms with Crippen LogP contribution in [0, 0.1) is 26.6 Å². The number of phenolic OH excluding ortho intramolecular Hbond substituents is 1. The Morgan fingerprint density at radius 3 is 2.50 bits per heavy atom. The Balaban J connectivity index is 0.807. The summed E-state index contributed by atoms with van der Waals surface area (Å²) < 4.78 is 30.7. The van der Waals surface area contributed by atoms with Gasteiger partial charge in [-0.1, -0.05) is 59.6 Å². The molecule has 0 aliphatic carbocycles. The third kappa shape index (κ3) is 9.18. The highest BCUT2D eigenvalue weighted by atomic mass is 35.5. The number of aliphatic imine (C=N–C) groups is 1. The zero-order valence-corrected chi connectivity index (χ0v) is 39.3. The van der Waals surface area contributed by atoms with Crippen LogP contribution in [-0.4, -0.2) is 114 Å². The van der Waals surface area contributed by atoms with Crippen LogP contribution in [-0.2, 0) is 14.3 Å². The number of anilines is 2. The Kier molecular flexibility index (Phi) is 13.5. The molecule has 2 aliphatic heterocycles. The average molecular weight is 952 g/mol. The van der Waals surface area contributed by atoms with Crippen molar-refractivity contribution < 1.29 is 23.8 Å². The van der Waals surface area contributed by atoms with Crippen molar-refractivity contribution in [1.29, 1.82) is 0 Å². The topological polar surface area (TPSA) is 155 Å². The second-order valence-corrected chi connectivity index (χ2v) is 18.4. The number of fused-ring (bicyclic) bond motifs is 5. The number of likely N-dealkylation sites (N-methyl/N-ethyl adjacent to an activating group) is 1. The standard InChI is InChI=1S/C48H49Cl2FN10O4S/c1-27-28(2)66-47-40(27)43(30-9-11-32(49)12-10-30)54-38(46-58-57-29(3)61(46)47)26-39(63)53-15-19-64-21-22-65-20-18-59(4)48-55-44-36(45(56-48)60-16-13-52-14-17-60)25-37(50)41(42(44)51)35-24-33(62)23-31-7-5-6-8-34(31)35/h5-12,23-25,38,52,62H,13-22,26H2,1-4H3,(H,53,63)/t38-/m0/s1. The first-order valence-electron chi connectivity index (χ1n) is 21.8. The summed E-state index contributed by atoms with van der Waals surface area (Å²) in [7, 11) is 1.84. The summed E-state index contributed by atoms with van der Waals surface area (Å²) in [5, 5.41) is 29.7. The van der Waals surface area contributed by atoms with E-state index in [4.69, 9.17) is 47.6 Å². The van der Waals surface area contributed by atoms with Crippen LogP contribution in [0.3, 0.4) is 0 Å². The number of benzene rings is 4. The lowest BCUT2D eigenvalue weighted by atomic mass is 9.96. The quantitative estimate of drug-likeness (QED) is 0.0854. The second-order valence-electron chi connectivity index (χ2n) is 16.3. The molecule has 66 heavy (non-hydrogen) atoms. The number of piperazine rings is 1. The first kappa shape index (κ1) is 45.4. The molecule has 1 saturated heterocycles. The van der Waals surface area contributed by atoms with Crippen molar-refractivity contribution in [3.8, 4) is 21.9 Å². The van der Waals surface area contributed by atoms with Crippen LogP contribution in [0.4, 0.5) is 16.2 Å². The fourth-order valence-electron chi connectivity index (χ4n) is 8.47. The Labute approximate surface area is 395 Å². The lowest BCUT2D eigenvalue weighted by Gasteiger charge is -2.30. The van der Waals surface area contributed by atoms with E-state index in [1.165, 1.54) is 10.9 Å². The van der Waals surface area contributed by atoms with Crippen LogP contribution >= 0.6 is 34.5 Å². The number of thiophene rings is 1. The number of carbonyl (C=O) groups excluding carboxylic acids is 1. The van der Waals surface area contributed by atoms with Gasteiger partial charge in [0.15, 0.2) is 11.6 Å². The van der Waals surface area contributed by atoms with E-state index >= 15 is 4.39 Å². The highest BCUT2D eigenvalue weighted by Crippen LogP contribution is 2.43. The molecule has 0 radical (unpaired) electrons. The maximum absolute atomic E-state index is 16.9. The normalized spacial score (nSPS) is 14.9. The van der Waals surface area contributed by atoms with Crippen molar-refractivity contribution in [2.75, 3.05) is 82.5 Å². The third-order valence-electron chi connectivity index (χ3n) is 12.0. The summed E-state index contributed by atoms with van der Waals surface area (Å²) in [5.41, 5.74) is 4.60. The Morgan fingerprint density at radius 2 is 1.71 bits per heavy atom. The number of aromatic nitrogens is 5. The number of amides is 1. The molecular weight excluding hydrogens is 903 g/mol. The molecule has 1 amide bonds. The van der Waals surface area contributed by atoms with E-state index in [0.29, 0.717) is 86.2 Å². The molecule has 5 heterocycles. The van der Waals surface area contributed by atoms with Gasteiger partial charge >= 0.3 is 0 Å². The van der Waals surface area contributed by atoms with Crippen molar-refractivity contribution >= 4 is 79.6 Å². The van der Waals surface area contributed by atoms with Gasteiger partial charge in [-0.25, -0.2) is 9.37 Å². The van der Waals surface area contributed by atoms with Crippen molar-refractivity contribution in [3.63, 3.8) is 0 Å². The van der Waals surface area contributed by atoms with Crippen molar-refractivity contribution in [1.82, 2.24) is 35.4 Å². The summed E-state index contributed by atoms with van der Waals surface area (Å²) in [5.74, 6) is 1.52. The van der Waals surface area contributed by atoms with Gasteiger partial charge in [-0.15, -0.1) is 21.5 Å². The number of rotatable bonds is 15. The molecule has 14 nitrogen and oxygen atoms in total. The summed E-state index contributed by atoms with van der Waals surface area (Å²) in [4.78, 5) is 33.4. The van der Waals surface area contributed by atoms with Gasteiger partial charge in [0.25, 0.3) is 0 Å². The first-order chi connectivity index (χ1) is 32.0. The van der Waals surface area contributed by atoms with E-state index in [-0.39, 0.29) is 34.2 Å². The molecule has 18 heteroatoms. The Hall–Kier alpha value is -5.75. The summed E-state index contributed by atoms with van der Waals surface area (Å²) in [6.45, 7) is 11.0. The molecule has 0 spiro atoms. The van der Waals surface area contributed by atoms with Crippen molar-refractivity contribution in [2.24, 2.45) is 4.99 Å². The molecular formula is C48H49Cl2FN10O4S. The number of hydrogen-bond acceptors (Lipinski definition) is 13. The molecule has 0 unspecified atom stereocenters. The number of carbonyl (C=O) groups is 1. The first-order valence-corrected chi connectivity index (χ1v) is 23.4. The van der Waals surface area contributed by atoms with Crippen molar-refractivity contribution in [2.45, 2.75) is 33.2 Å². The van der Waals surface area contributed by atoms with Gasteiger partial charge in [0.05, 0.1) is 43.6 Å². The van der Waals surface area contributed by atoms with E-state index in [2.05, 4.69) is 39.6 Å². The zero-order chi connectivity index (χ0) is 46.1. The van der Waals surface area contributed by atoms with Gasteiger partial charge in [-0.05, 0) is 73.0 Å². The molecule has 7 aromatic rings. The number of phenols is 1. The number of nitrogens with one attached hydrogen (secondary N) is 2. The zero-order valence-electron chi connectivity index (χ0n) is 37.0. The minimum atomic E-state index is -0.589. The van der Waals surface area contributed by atoms with Crippen LogP contribution < -0.4 is 20.4 Å². The molecule has 3 aromatic heterocycles.